The number of benzene rings is 2. The van der Waals surface area contributed by atoms with Crippen LogP contribution in [-0.4, -0.2) is 43.7 Å². The van der Waals surface area contributed by atoms with Crippen molar-refractivity contribution in [2.75, 3.05) is 19.0 Å². The van der Waals surface area contributed by atoms with E-state index in [0.29, 0.717) is 16.4 Å². The molecule has 1 fully saturated rings. The lowest BCUT2D eigenvalue weighted by Gasteiger charge is -2.29. The Morgan fingerprint density at radius 2 is 2.00 bits per heavy atom. The summed E-state index contributed by atoms with van der Waals surface area (Å²) in [7, 11) is -2.50. The van der Waals surface area contributed by atoms with E-state index in [1.54, 1.807) is 6.07 Å². The normalized spacial score (nSPS) is 17.1. The van der Waals surface area contributed by atoms with Crippen molar-refractivity contribution in [1.29, 1.82) is 0 Å². The van der Waals surface area contributed by atoms with Crippen LogP contribution in [0.3, 0.4) is 0 Å². The van der Waals surface area contributed by atoms with Crippen LogP contribution in [0, 0.1) is 9.39 Å². The van der Waals surface area contributed by atoms with Crippen LogP contribution < -0.4 is 14.9 Å². The van der Waals surface area contributed by atoms with E-state index in [4.69, 9.17) is 9.57 Å². The lowest BCUT2D eigenvalue weighted by Crippen LogP contribution is -2.41. The molecule has 0 bridgehead atoms. The number of aliphatic hydroxyl groups excluding tert-OH is 1. The summed E-state index contributed by atoms with van der Waals surface area (Å²) in [6.07, 6.45) is -1.23. The standard InChI is InChI=1S/C19H21F2IN2O6S/c1-29-16-4-2-3-15(23-14-8-5-11(22)9-13(14)20)18(16)19(21,26)17(25)10-30-24-31(27,28)12-6-7-12/h2-5,8-9,12,17,23-26H,6-7,10H2,1H3. The van der Waals surface area contributed by atoms with Gasteiger partial charge in [-0.25, -0.2) is 17.2 Å². The predicted molar refractivity (Wildman–Crippen MR) is 117 cm³/mol. The van der Waals surface area contributed by atoms with Gasteiger partial charge in [-0.3, -0.25) is 4.84 Å². The summed E-state index contributed by atoms with van der Waals surface area (Å²) in [6, 6.07) is 8.52. The fourth-order valence-corrected chi connectivity index (χ4v) is 4.40. The second-order valence-corrected chi connectivity index (χ2v) is 10.1. The van der Waals surface area contributed by atoms with Gasteiger partial charge in [0.1, 0.15) is 24.3 Å². The molecule has 0 amide bonds. The first-order chi connectivity index (χ1) is 14.6. The van der Waals surface area contributed by atoms with Crippen molar-refractivity contribution in [3.05, 3.63) is 51.3 Å². The van der Waals surface area contributed by atoms with Crippen LogP contribution in [0.15, 0.2) is 36.4 Å². The van der Waals surface area contributed by atoms with E-state index in [2.05, 4.69) is 5.32 Å². The monoisotopic (exact) mass is 570 g/mol. The van der Waals surface area contributed by atoms with Crippen LogP contribution in [0.1, 0.15) is 18.4 Å². The molecule has 0 heterocycles. The number of aliphatic hydroxyl groups is 2. The Kier molecular flexibility index (Phi) is 7.38. The van der Waals surface area contributed by atoms with Crippen molar-refractivity contribution in [2.24, 2.45) is 0 Å². The molecule has 1 aliphatic rings. The first-order valence-corrected chi connectivity index (χ1v) is 11.8. The van der Waals surface area contributed by atoms with Gasteiger partial charge in [0.25, 0.3) is 5.85 Å². The number of halogens is 3. The highest BCUT2D eigenvalue weighted by Crippen LogP contribution is 2.41. The summed E-state index contributed by atoms with van der Waals surface area (Å²) in [5.41, 5.74) is -0.563. The van der Waals surface area contributed by atoms with E-state index in [0.717, 1.165) is 0 Å². The molecule has 0 aliphatic heterocycles. The first kappa shape index (κ1) is 24.1. The molecule has 2 aromatic carbocycles. The highest BCUT2D eigenvalue weighted by molar-refractivity contribution is 14.1. The lowest BCUT2D eigenvalue weighted by atomic mass is 9.98. The topological polar surface area (TPSA) is 117 Å². The molecule has 170 valence electrons. The number of methoxy groups -OCH3 is 1. The maximum atomic E-state index is 15.4. The van der Waals surface area contributed by atoms with Crippen LogP contribution in [0.25, 0.3) is 0 Å². The number of hydrogen-bond acceptors (Lipinski definition) is 7. The molecule has 2 unspecified atom stereocenters. The van der Waals surface area contributed by atoms with E-state index >= 15 is 4.39 Å². The molecule has 2 atom stereocenters. The maximum Gasteiger partial charge on any atom is 0.267 e. The second-order valence-electron chi connectivity index (χ2n) is 6.96. The van der Waals surface area contributed by atoms with E-state index in [1.165, 1.54) is 37.4 Å². The molecule has 3 rings (SSSR count). The second kappa shape index (κ2) is 9.50. The fourth-order valence-electron chi connectivity index (χ4n) is 2.82. The Bertz CT molecular complexity index is 1050. The highest BCUT2D eigenvalue weighted by Gasteiger charge is 2.43. The number of ether oxygens (including phenoxy) is 1. The Morgan fingerprint density at radius 1 is 1.29 bits per heavy atom. The summed E-state index contributed by atoms with van der Waals surface area (Å²) in [6.45, 7) is -0.895. The van der Waals surface area contributed by atoms with Crippen molar-refractivity contribution in [3.63, 3.8) is 0 Å². The first-order valence-electron chi connectivity index (χ1n) is 9.17. The SMILES string of the molecule is COc1cccc(Nc2ccc(I)cc2F)c1C(O)(F)C(O)CONS(=O)(=O)C1CC1. The number of alkyl halides is 1. The Hall–Kier alpha value is -1.58. The summed E-state index contributed by atoms with van der Waals surface area (Å²) < 4.78 is 59.0. The van der Waals surface area contributed by atoms with Gasteiger partial charge in [-0.1, -0.05) is 11.0 Å². The van der Waals surface area contributed by atoms with E-state index in [9.17, 15) is 23.0 Å². The molecule has 0 aromatic heterocycles. The molecule has 0 saturated heterocycles. The largest absolute Gasteiger partial charge is 0.496 e. The van der Waals surface area contributed by atoms with Crippen LogP contribution in [0.5, 0.6) is 5.75 Å². The van der Waals surface area contributed by atoms with Crippen LogP contribution in [0.2, 0.25) is 0 Å². The minimum atomic E-state index is -3.73. The summed E-state index contributed by atoms with van der Waals surface area (Å²) >= 11 is 1.94. The average molecular weight is 570 g/mol. The van der Waals surface area contributed by atoms with Crippen molar-refractivity contribution in [2.45, 2.75) is 30.1 Å². The van der Waals surface area contributed by atoms with Crippen molar-refractivity contribution in [3.8, 4) is 5.75 Å². The Balaban J connectivity index is 1.84. The number of rotatable bonds is 10. The van der Waals surface area contributed by atoms with Gasteiger partial charge in [0.2, 0.25) is 10.0 Å². The summed E-state index contributed by atoms with van der Waals surface area (Å²) in [5.74, 6) is -4.17. The molecular weight excluding hydrogens is 549 g/mol. The molecule has 8 nitrogen and oxygen atoms in total. The zero-order valence-corrected chi connectivity index (χ0v) is 19.3. The number of hydrogen-bond donors (Lipinski definition) is 4. The van der Waals surface area contributed by atoms with Crippen LogP contribution >= 0.6 is 22.6 Å². The predicted octanol–water partition coefficient (Wildman–Crippen LogP) is 2.67. The third-order valence-electron chi connectivity index (χ3n) is 4.62. The van der Waals surface area contributed by atoms with E-state index in [-0.39, 0.29) is 17.1 Å². The molecule has 1 saturated carbocycles. The molecule has 4 N–H and O–H groups in total. The van der Waals surface area contributed by atoms with Crippen molar-refractivity contribution < 1.29 is 37.0 Å². The van der Waals surface area contributed by atoms with Crippen molar-refractivity contribution in [1.82, 2.24) is 4.89 Å². The third kappa shape index (κ3) is 5.62. The van der Waals surface area contributed by atoms with Gasteiger partial charge < -0.3 is 20.3 Å². The fraction of sp³-hybridized carbons (Fsp3) is 0.368. The van der Waals surface area contributed by atoms with E-state index in [1.807, 2.05) is 27.5 Å². The molecule has 0 radical (unpaired) electrons. The number of anilines is 2. The molecule has 0 spiro atoms. The number of nitrogens with one attached hydrogen (secondary N) is 2. The maximum absolute atomic E-state index is 15.4. The van der Waals surface area contributed by atoms with Gasteiger partial charge in [-0.15, -0.1) is 0 Å². The van der Waals surface area contributed by atoms with Gasteiger partial charge >= 0.3 is 0 Å². The lowest BCUT2D eigenvalue weighted by molar-refractivity contribution is -0.197. The minimum absolute atomic E-state index is 0.00801. The van der Waals surface area contributed by atoms with E-state index < -0.39 is 45.2 Å². The van der Waals surface area contributed by atoms with Crippen LogP contribution in [-0.2, 0) is 20.7 Å². The zero-order chi connectivity index (χ0) is 22.8. The van der Waals surface area contributed by atoms with Gasteiger partial charge in [0.05, 0.1) is 29.3 Å². The van der Waals surface area contributed by atoms with Gasteiger partial charge in [0, 0.05) is 3.57 Å². The minimum Gasteiger partial charge on any atom is -0.496 e. The quantitative estimate of drug-likeness (QED) is 0.257. The molecular formula is C19H21F2IN2O6S. The molecule has 12 heteroatoms. The molecule has 2 aromatic rings. The van der Waals surface area contributed by atoms with Gasteiger partial charge in [-0.2, -0.15) is 0 Å². The zero-order valence-electron chi connectivity index (χ0n) is 16.3. The summed E-state index contributed by atoms with van der Waals surface area (Å²) in [4.78, 5) is 6.53. The van der Waals surface area contributed by atoms with Crippen molar-refractivity contribution >= 4 is 44.0 Å². The Labute approximate surface area is 191 Å². The molecule has 1 aliphatic carbocycles. The number of sulfonamides is 1. The van der Waals surface area contributed by atoms with Crippen LogP contribution in [0.4, 0.5) is 20.2 Å². The molecule has 31 heavy (non-hydrogen) atoms. The smallest absolute Gasteiger partial charge is 0.267 e. The highest BCUT2D eigenvalue weighted by atomic mass is 127. The summed E-state index contributed by atoms with van der Waals surface area (Å²) in [5, 5.41) is 22.8. The third-order valence-corrected chi connectivity index (χ3v) is 6.99. The average Bonchev–Trinajstić information content (AvgIpc) is 3.55. The Morgan fingerprint density at radius 3 is 2.61 bits per heavy atom. The van der Waals surface area contributed by atoms with Gasteiger partial charge in [0.15, 0.2) is 0 Å². The van der Waals surface area contributed by atoms with Gasteiger partial charge in [-0.05, 0) is 65.8 Å².